The minimum Gasteiger partial charge on any atom is -0.466 e. The largest absolute Gasteiger partial charge is 0.466 e. The van der Waals surface area contributed by atoms with Gasteiger partial charge in [-0.3, -0.25) is 4.79 Å². The Kier molecular flexibility index (Phi) is 16.9. The number of rotatable bonds is 14. The summed E-state index contributed by atoms with van der Waals surface area (Å²) in [5.74, 6) is -0.158. The Balaban J connectivity index is 3.01. The minimum absolute atomic E-state index is 0.158. The molecular formula is C17H31IO2. The molecule has 0 aromatic heterocycles. The van der Waals surface area contributed by atoms with Crippen LogP contribution in [0.1, 0.15) is 77.6 Å². The van der Waals surface area contributed by atoms with Gasteiger partial charge in [-0.05, 0) is 25.7 Å². The number of allylic oxidation sites excluding steroid dienone is 2. The van der Waals surface area contributed by atoms with Crippen LogP contribution in [-0.4, -0.2) is 17.0 Å². The van der Waals surface area contributed by atoms with Gasteiger partial charge in [0.15, 0.2) is 0 Å². The first-order valence-electron chi connectivity index (χ1n) is 8.11. The summed E-state index contributed by atoms with van der Waals surface area (Å²) in [5, 5.41) is 0. The molecule has 0 aromatic rings. The summed E-state index contributed by atoms with van der Waals surface area (Å²) in [4.78, 5) is 10.6. The normalized spacial score (nSPS) is 11.1. The molecule has 0 aliphatic heterocycles. The molecule has 0 radical (unpaired) electrons. The highest BCUT2D eigenvalue weighted by atomic mass is 127. The molecule has 0 unspecified atom stereocenters. The Bertz CT molecular complexity index is 239. The van der Waals surface area contributed by atoms with Gasteiger partial charge in [-0.25, -0.2) is 0 Å². The lowest BCUT2D eigenvalue weighted by Gasteiger charge is -2.03. The molecular weight excluding hydrogens is 363 g/mol. The quantitative estimate of drug-likeness (QED) is 0.122. The summed E-state index contributed by atoms with van der Waals surface area (Å²) >= 11 is 2.41. The van der Waals surface area contributed by atoms with E-state index in [1.807, 2.05) is 0 Å². The van der Waals surface area contributed by atoms with Gasteiger partial charge < -0.3 is 4.74 Å². The number of unbranched alkanes of at least 4 members (excludes halogenated alkanes) is 9. The molecule has 118 valence electrons. The van der Waals surface area contributed by atoms with E-state index in [2.05, 4.69) is 34.7 Å². The van der Waals surface area contributed by atoms with Crippen LogP contribution in [0.15, 0.2) is 12.2 Å². The lowest BCUT2D eigenvalue weighted by atomic mass is 10.1. The molecule has 0 fully saturated rings. The fraction of sp³-hybridized carbons (Fsp3) is 0.824. The van der Waals surface area contributed by atoms with E-state index in [4.69, 9.17) is 4.74 Å². The topological polar surface area (TPSA) is 26.3 Å². The molecule has 0 aromatic carbocycles. The summed E-state index contributed by atoms with van der Waals surface area (Å²) in [6.07, 6.45) is 18.8. The zero-order valence-electron chi connectivity index (χ0n) is 13.0. The van der Waals surface area contributed by atoms with Crippen molar-refractivity contribution in [1.29, 1.82) is 0 Å². The summed E-state index contributed by atoms with van der Waals surface area (Å²) in [6, 6.07) is 0. The van der Waals surface area contributed by atoms with E-state index in [0.717, 1.165) is 6.42 Å². The van der Waals surface area contributed by atoms with E-state index in [9.17, 15) is 4.79 Å². The van der Waals surface area contributed by atoms with E-state index in [-0.39, 0.29) is 5.97 Å². The second-order valence-corrected chi connectivity index (χ2v) is 6.34. The Labute approximate surface area is 138 Å². The van der Waals surface area contributed by atoms with E-state index in [1.54, 1.807) is 0 Å². The molecule has 0 N–H and O–H groups in total. The van der Waals surface area contributed by atoms with Gasteiger partial charge in [0.2, 0.25) is 0 Å². The third-order valence-electron chi connectivity index (χ3n) is 3.26. The van der Waals surface area contributed by atoms with Crippen LogP contribution >= 0.6 is 22.6 Å². The average Bonchev–Trinajstić information content (AvgIpc) is 2.43. The van der Waals surface area contributed by atoms with Crippen molar-refractivity contribution in [3.8, 4) is 0 Å². The highest BCUT2D eigenvalue weighted by Gasteiger charge is 1.94. The maximum absolute atomic E-state index is 10.6. The monoisotopic (exact) mass is 394 g/mol. The molecule has 0 heterocycles. The van der Waals surface area contributed by atoms with Crippen molar-refractivity contribution in [2.45, 2.75) is 77.6 Å². The smallest absolute Gasteiger partial charge is 0.302 e. The van der Waals surface area contributed by atoms with Crippen LogP contribution in [0.2, 0.25) is 0 Å². The SMILES string of the molecule is CC(=O)OCCCCCCCCCCCC=CCCI. The van der Waals surface area contributed by atoms with Crippen molar-refractivity contribution < 1.29 is 9.53 Å². The Morgan fingerprint density at radius 2 is 1.35 bits per heavy atom. The van der Waals surface area contributed by atoms with Crippen molar-refractivity contribution in [2.75, 3.05) is 11.0 Å². The van der Waals surface area contributed by atoms with E-state index in [1.165, 1.54) is 75.6 Å². The number of carbonyl (C=O) groups is 1. The maximum Gasteiger partial charge on any atom is 0.302 e. The van der Waals surface area contributed by atoms with Crippen LogP contribution in [0.25, 0.3) is 0 Å². The van der Waals surface area contributed by atoms with Gasteiger partial charge in [-0.15, -0.1) is 0 Å². The van der Waals surface area contributed by atoms with Gasteiger partial charge in [0.05, 0.1) is 6.61 Å². The molecule has 0 aliphatic rings. The fourth-order valence-corrected chi connectivity index (χ4v) is 2.48. The van der Waals surface area contributed by atoms with Crippen molar-refractivity contribution in [3.05, 3.63) is 12.2 Å². The fourth-order valence-electron chi connectivity index (χ4n) is 2.12. The third kappa shape index (κ3) is 17.9. The molecule has 0 bridgehead atoms. The second-order valence-electron chi connectivity index (χ2n) is 5.26. The predicted octanol–water partition coefficient (Wildman–Crippen LogP) is 5.83. The van der Waals surface area contributed by atoms with Crippen LogP contribution in [-0.2, 0) is 9.53 Å². The van der Waals surface area contributed by atoms with Gasteiger partial charge in [-0.1, -0.05) is 79.7 Å². The van der Waals surface area contributed by atoms with E-state index in [0.29, 0.717) is 6.61 Å². The summed E-state index contributed by atoms with van der Waals surface area (Å²) in [5.41, 5.74) is 0. The van der Waals surface area contributed by atoms with Crippen LogP contribution in [0.3, 0.4) is 0 Å². The number of alkyl halides is 1. The van der Waals surface area contributed by atoms with Gasteiger partial charge >= 0.3 is 5.97 Å². The molecule has 0 atom stereocenters. The first-order chi connectivity index (χ1) is 9.77. The van der Waals surface area contributed by atoms with Crippen LogP contribution in [0, 0.1) is 0 Å². The highest BCUT2D eigenvalue weighted by molar-refractivity contribution is 14.1. The van der Waals surface area contributed by atoms with Crippen molar-refractivity contribution in [1.82, 2.24) is 0 Å². The highest BCUT2D eigenvalue weighted by Crippen LogP contribution is 2.11. The number of carbonyl (C=O) groups excluding carboxylic acids is 1. The second kappa shape index (κ2) is 17.0. The molecule has 0 amide bonds. The molecule has 2 nitrogen and oxygen atoms in total. The third-order valence-corrected chi connectivity index (χ3v) is 3.89. The van der Waals surface area contributed by atoms with E-state index >= 15 is 0 Å². The van der Waals surface area contributed by atoms with Crippen LogP contribution in [0.5, 0.6) is 0 Å². The average molecular weight is 394 g/mol. The predicted molar refractivity (Wildman–Crippen MR) is 95.4 cm³/mol. The molecule has 0 saturated carbocycles. The maximum atomic E-state index is 10.6. The molecule has 20 heavy (non-hydrogen) atoms. The van der Waals surface area contributed by atoms with Crippen molar-refractivity contribution in [3.63, 3.8) is 0 Å². The molecule has 0 rings (SSSR count). The standard InChI is InChI=1S/C17H31IO2/c1-17(19)20-16-14-12-10-8-6-4-2-3-5-7-9-11-13-15-18/h9,11H,2-8,10,12-16H2,1H3. The lowest BCUT2D eigenvalue weighted by Crippen LogP contribution is -2.00. The zero-order chi connectivity index (χ0) is 14.9. The van der Waals surface area contributed by atoms with Gasteiger partial charge in [0, 0.05) is 11.4 Å². The number of hydrogen-bond donors (Lipinski definition) is 0. The Hall–Kier alpha value is -0.0600. The number of halogens is 1. The summed E-state index contributed by atoms with van der Waals surface area (Å²) in [7, 11) is 0. The van der Waals surface area contributed by atoms with Gasteiger partial charge in [0.25, 0.3) is 0 Å². The van der Waals surface area contributed by atoms with E-state index < -0.39 is 0 Å². The summed E-state index contributed by atoms with van der Waals surface area (Å²) < 4.78 is 6.14. The zero-order valence-corrected chi connectivity index (χ0v) is 15.2. The first-order valence-corrected chi connectivity index (χ1v) is 9.64. The summed E-state index contributed by atoms with van der Waals surface area (Å²) in [6.45, 7) is 2.07. The first kappa shape index (κ1) is 19.9. The van der Waals surface area contributed by atoms with Crippen LogP contribution < -0.4 is 0 Å². The van der Waals surface area contributed by atoms with Gasteiger partial charge in [0.1, 0.15) is 0 Å². The van der Waals surface area contributed by atoms with Crippen molar-refractivity contribution in [2.24, 2.45) is 0 Å². The number of esters is 1. The van der Waals surface area contributed by atoms with Gasteiger partial charge in [-0.2, -0.15) is 0 Å². The minimum atomic E-state index is -0.158. The molecule has 0 aliphatic carbocycles. The van der Waals surface area contributed by atoms with Crippen LogP contribution in [0.4, 0.5) is 0 Å². The number of hydrogen-bond acceptors (Lipinski definition) is 2. The molecule has 0 spiro atoms. The molecule has 3 heteroatoms. The molecule has 0 saturated heterocycles. The lowest BCUT2D eigenvalue weighted by molar-refractivity contribution is -0.141. The number of ether oxygens (including phenoxy) is 1. The Morgan fingerprint density at radius 1 is 0.850 bits per heavy atom. The Morgan fingerprint density at radius 3 is 1.90 bits per heavy atom. The van der Waals surface area contributed by atoms with Crippen molar-refractivity contribution >= 4 is 28.6 Å².